The first-order valence-electron chi connectivity index (χ1n) is 10.0. The number of nitrogens with zero attached hydrogens (tertiary/aromatic N) is 2. The fourth-order valence-corrected chi connectivity index (χ4v) is 4.12. The smallest absolute Gasteiger partial charge is 0.331 e. The lowest BCUT2D eigenvalue weighted by molar-refractivity contribution is -0.117. The number of rotatable bonds is 4. The molecule has 10 heteroatoms. The molecule has 4 rings (SSSR count). The second-order valence-electron chi connectivity index (χ2n) is 7.60. The van der Waals surface area contributed by atoms with Crippen LogP contribution in [-0.2, 0) is 16.2 Å². The van der Waals surface area contributed by atoms with E-state index in [0.29, 0.717) is 34.3 Å². The molecule has 1 fully saturated rings. The van der Waals surface area contributed by atoms with Crippen molar-refractivity contribution < 1.29 is 18.8 Å². The summed E-state index contributed by atoms with van der Waals surface area (Å²) in [5.41, 5.74) is -0.532. The molecule has 2 N–H and O–H groups in total. The highest BCUT2D eigenvalue weighted by molar-refractivity contribution is 6.42. The molecule has 0 bridgehead atoms. The Labute approximate surface area is 189 Å². The van der Waals surface area contributed by atoms with E-state index in [4.69, 9.17) is 32.5 Å². The summed E-state index contributed by atoms with van der Waals surface area (Å²) in [5, 5.41) is 10.2. The number of aryl methyl sites for hydroxylation is 1. The summed E-state index contributed by atoms with van der Waals surface area (Å²) in [4.78, 5) is 33.2. The Balaban J connectivity index is 1.54. The number of urea groups is 1. The lowest BCUT2D eigenvalue weighted by Gasteiger charge is -2.38. The molecule has 2 aromatic rings. The van der Waals surface area contributed by atoms with Gasteiger partial charge in [-0.15, -0.1) is 0 Å². The highest BCUT2D eigenvalue weighted by Gasteiger charge is 2.52. The number of hydrogen-bond donors (Lipinski definition) is 2. The molecular formula is C21H22Cl2N4O4. The number of hydrogen-bond acceptors (Lipinski definition) is 5. The van der Waals surface area contributed by atoms with E-state index < -0.39 is 17.7 Å². The van der Waals surface area contributed by atoms with Gasteiger partial charge in [0.2, 0.25) is 11.6 Å². The van der Waals surface area contributed by atoms with Gasteiger partial charge in [0.1, 0.15) is 11.5 Å². The van der Waals surface area contributed by atoms with Gasteiger partial charge >= 0.3 is 6.03 Å². The van der Waals surface area contributed by atoms with Gasteiger partial charge in [-0.1, -0.05) is 34.8 Å². The van der Waals surface area contributed by atoms with E-state index in [2.05, 4.69) is 15.8 Å². The van der Waals surface area contributed by atoms with E-state index in [0.717, 1.165) is 25.0 Å². The Morgan fingerprint density at radius 1 is 1.13 bits per heavy atom. The average Bonchev–Trinajstić information content (AvgIpc) is 3.33. The molecule has 2 heterocycles. The van der Waals surface area contributed by atoms with Crippen molar-refractivity contribution in [1.29, 1.82) is 0 Å². The minimum absolute atomic E-state index is 0.0947. The van der Waals surface area contributed by atoms with Gasteiger partial charge in [-0.2, -0.15) is 0 Å². The Hall–Kier alpha value is -2.71. The third-order valence-corrected chi connectivity index (χ3v) is 6.09. The van der Waals surface area contributed by atoms with E-state index in [9.17, 15) is 9.59 Å². The fraction of sp³-hybridized carbons (Fsp3) is 0.381. The van der Waals surface area contributed by atoms with Gasteiger partial charge in [-0.05, 0) is 50.1 Å². The van der Waals surface area contributed by atoms with E-state index >= 15 is 0 Å². The van der Waals surface area contributed by atoms with Gasteiger partial charge in [-0.25, -0.2) is 9.69 Å². The van der Waals surface area contributed by atoms with Crippen LogP contribution in [0, 0.1) is 6.92 Å². The predicted molar refractivity (Wildman–Crippen MR) is 117 cm³/mol. The maximum atomic E-state index is 13.3. The van der Waals surface area contributed by atoms with E-state index in [1.807, 2.05) is 13.0 Å². The number of furan rings is 1. The molecule has 1 aliphatic heterocycles. The average molecular weight is 465 g/mol. The molecule has 8 nitrogen and oxygen atoms in total. The van der Waals surface area contributed by atoms with Crippen LogP contribution in [0.25, 0.3) is 0 Å². The van der Waals surface area contributed by atoms with Crippen molar-refractivity contribution in [2.75, 3.05) is 5.32 Å². The largest absolute Gasteiger partial charge is 0.465 e. The first-order chi connectivity index (χ1) is 14.9. The molecule has 1 aliphatic carbocycles. The number of oxime groups is 1. The van der Waals surface area contributed by atoms with Crippen LogP contribution in [0.3, 0.4) is 0 Å². The molecule has 0 radical (unpaired) electrons. The van der Waals surface area contributed by atoms with Crippen LogP contribution in [-0.4, -0.2) is 28.4 Å². The first kappa shape index (κ1) is 21.5. The van der Waals surface area contributed by atoms with Crippen LogP contribution < -0.4 is 10.6 Å². The van der Waals surface area contributed by atoms with Gasteiger partial charge in [0.05, 0.1) is 16.6 Å². The van der Waals surface area contributed by atoms with E-state index in [1.54, 1.807) is 24.3 Å². The zero-order valence-electron chi connectivity index (χ0n) is 16.9. The minimum Gasteiger partial charge on any atom is -0.465 e. The van der Waals surface area contributed by atoms with Crippen LogP contribution in [0.5, 0.6) is 0 Å². The van der Waals surface area contributed by atoms with Crippen molar-refractivity contribution in [2.24, 2.45) is 5.16 Å². The molecule has 1 aromatic carbocycles. The lowest BCUT2D eigenvalue weighted by atomic mass is 9.90. The number of amidine groups is 1. The Bertz CT molecular complexity index is 1030. The third-order valence-electron chi connectivity index (χ3n) is 5.35. The number of carbonyl (C=O) groups is 2. The van der Waals surface area contributed by atoms with Crippen molar-refractivity contribution in [3.05, 3.63) is 51.9 Å². The topological polar surface area (TPSA) is 96.2 Å². The fourth-order valence-electron chi connectivity index (χ4n) is 3.83. The summed E-state index contributed by atoms with van der Waals surface area (Å²) < 4.78 is 5.48. The second-order valence-corrected chi connectivity index (χ2v) is 8.42. The van der Waals surface area contributed by atoms with Crippen molar-refractivity contribution in [2.45, 2.75) is 51.3 Å². The van der Waals surface area contributed by atoms with E-state index in [-0.39, 0.29) is 12.4 Å². The van der Waals surface area contributed by atoms with Crippen molar-refractivity contribution in [3.63, 3.8) is 0 Å². The monoisotopic (exact) mass is 464 g/mol. The molecule has 2 aliphatic rings. The molecule has 164 valence electrons. The Morgan fingerprint density at radius 2 is 1.90 bits per heavy atom. The molecule has 31 heavy (non-hydrogen) atoms. The van der Waals surface area contributed by atoms with Crippen LogP contribution in [0.2, 0.25) is 10.0 Å². The van der Waals surface area contributed by atoms with Crippen LogP contribution in [0.15, 0.2) is 39.9 Å². The van der Waals surface area contributed by atoms with Crippen LogP contribution >= 0.6 is 23.2 Å². The predicted octanol–water partition coefficient (Wildman–Crippen LogP) is 5.05. The number of carbonyl (C=O) groups excluding carboxylic acids is 2. The zero-order chi connectivity index (χ0) is 22.0. The maximum Gasteiger partial charge on any atom is 0.331 e. The highest BCUT2D eigenvalue weighted by Crippen LogP contribution is 2.39. The third kappa shape index (κ3) is 4.50. The van der Waals surface area contributed by atoms with Crippen molar-refractivity contribution in [3.8, 4) is 0 Å². The van der Waals surface area contributed by atoms with Gasteiger partial charge < -0.3 is 19.9 Å². The molecule has 1 saturated carbocycles. The summed E-state index contributed by atoms with van der Waals surface area (Å²) in [5.74, 6) is 0.725. The van der Waals surface area contributed by atoms with Gasteiger partial charge in [0, 0.05) is 18.5 Å². The molecule has 3 amide bonds. The Kier molecular flexibility index (Phi) is 6.11. The first-order valence-corrected chi connectivity index (χ1v) is 10.8. The highest BCUT2D eigenvalue weighted by atomic mass is 35.5. The number of halogens is 2. The standard InChI is InChI=1S/C21H22Cl2N4O4/c1-13-5-7-15(30-13)12-24-19(28)18-26-31-21(9-3-2-4-10-21)27(18)20(29)25-14-6-8-16(22)17(23)11-14/h5-8,11H,2-4,9-10,12H2,1H3,(H,24,28)(H,25,29). The summed E-state index contributed by atoms with van der Waals surface area (Å²) in [6, 6.07) is 7.82. The molecule has 0 saturated heterocycles. The van der Waals surface area contributed by atoms with Gasteiger partial charge in [-0.3, -0.25) is 4.79 Å². The zero-order valence-corrected chi connectivity index (χ0v) is 18.4. The second kappa shape index (κ2) is 8.80. The summed E-state index contributed by atoms with van der Waals surface area (Å²) >= 11 is 12.0. The van der Waals surface area contributed by atoms with Crippen LogP contribution in [0.1, 0.15) is 43.6 Å². The van der Waals surface area contributed by atoms with Crippen LogP contribution in [0.4, 0.5) is 10.5 Å². The number of benzene rings is 1. The van der Waals surface area contributed by atoms with Gasteiger partial charge in [0.15, 0.2) is 0 Å². The molecule has 0 unspecified atom stereocenters. The van der Waals surface area contributed by atoms with Gasteiger partial charge in [0.25, 0.3) is 5.91 Å². The van der Waals surface area contributed by atoms with Crippen molar-refractivity contribution in [1.82, 2.24) is 10.2 Å². The number of amides is 3. The molecular weight excluding hydrogens is 443 g/mol. The quantitative estimate of drug-likeness (QED) is 0.661. The summed E-state index contributed by atoms with van der Waals surface area (Å²) in [6.45, 7) is 1.99. The molecule has 1 aromatic heterocycles. The molecule has 1 spiro atoms. The summed E-state index contributed by atoms with van der Waals surface area (Å²) in [6.07, 6.45) is 3.94. The normalized spacial score (nSPS) is 17.3. The van der Waals surface area contributed by atoms with E-state index in [1.165, 1.54) is 4.90 Å². The molecule has 0 atom stereocenters. The van der Waals surface area contributed by atoms with Crippen molar-refractivity contribution >= 4 is 46.7 Å². The lowest BCUT2D eigenvalue weighted by Crippen LogP contribution is -2.57. The SMILES string of the molecule is Cc1ccc(CNC(=O)C2=NOC3(CCCCC3)N2C(=O)Nc2ccc(Cl)c(Cl)c2)o1. The maximum absolute atomic E-state index is 13.3. The number of anilines is 1. The Morgan fingerprint density at radius 3 is 2.58 bits per heavy atom. The summed E-state index contributed by atoms with van der Waals surface area (Å²) in [7, 11) is 0. The number of nitrogens with one attached hydrogen (secondary N) is 2. The minimum atomic E-state index is -0.980.